The molecule has 2 unspecified atom stereocenters. The third kappa shape index (κ3) is 3.39. The fraction of sp³-hybridized carbons (Fsp3) is 0.857. The van der Waals surface area contributed by atoms with Crippen LogP contribution < -0.4 is 0 Å². The van der Waals surface area contributed by atoms with Gasteiger partial charge in [-0.2, -0.15) is 0 Å². The molecule has 1 aliphatic rings. The van der Waals surface area contributed by atoms with E-state index < -0.39 is 12.0 Å². The van der Waals surface area contributed by atoms with Gasteiger partial charge in [0.2, 0.25) is 0 Å². The molecule has 0 aliphatic carbocycles. The molecule has 1 rings (SSSR count). The monoisotopic (exact) mass is 270 g/mol. The zero-order valence-corrected chi connectivity index (χ0v) is 12.4. The smallest absolute Gasteiger partial charge is 0.326 e. The van der Waals surface area contributed by atoms with Crippen molar-refractivity contribution in [3.05, 3.63) is 0 Å². The Hall–Kier alpha value is -1.26. The molecular weight excluding hydrogens is 244 g/mol. The van der Waals surface area contributed by atoms with Crippen molar-refractivity contribution >= 4 is 12.0 Å². The molecule has 0 aromatic carbocycles. The van der Waals surface area contributed by atoms with Gasteiger partial charge in [0.1, 0.15) is 6.04 Å². The Bertz CT molecular complexity index is 329. The first-order chi connectivity index (χ1) is 8.93. The molecule has 19 heavy (non-hydrogen) atoms. The van der Waals surface area contributed by atoms with Crippen molar-refractivity contribution in [2.24, 2.45) is 5.92 Å². The van der Waals surface area contributed by atoms with Crippen molar-refractivity contribution in [1.29, 1.82) is 0 Å². The molecule has 0 bridgehead atoms. The molecule has 0 aromatic heterocycles. The molecule has 1 fully saturated rings. The first-order valence-corrected chi connectivity index (χ1v) is 7.20. The van der Waals surface area contributed by atoms with Gasteiger partial charge in [0, 0.05) is 19.6 Å². The molecule has 1 N–H and O–H groups in total. The predicted molar refractivity (Wildman–Crippen MR) is 74.1 cm³/mol. The number of carbonyl (C=O) groups is 2. The summed E-state index contributed by atoms with van der Waals surface area (Å²) in [5.41, 5.74) is 0. The highest BCUT2D eigenvalue weighted by atomic mass is 16.4. The molecule has 5 heteroatoms. The maximum Gasteiger partial charge on any atom is 0.326 e. The maximum atomic E-state index is 12.5. The van der Waals surface area contributed by atoms with E-state index >= 15 is 0 Å². The molecule has 0 radical (unpaired) electrons. The summed E-state index contributed by atoms with van der Waals surface area (Å²) >= 11 is 0. The number of hydrogen-bond donors (Lipinski definition) is 1. The molecule has 1 saturated heterocycles. The van der Waals surface area contributed by atoms with E-state index in [4.69, 9.17) is 0 Å². The Labute approximate surface area is 115 Å². The van der Waals surface area contributed by atoms with E-state index in [1.54, 1.807) is 11.9 Å². The number of amides is 2. The molecule has 2 atom stereocenters. The lowest BCUT2D eigenvalue weighted by atomic mass is 9.91. The second-order valence-corrected chi connectivity index (χ2v) is 5.46. The van der Waals surface area contributed by atoms with Crippen molar-refractivity contribution in [2.45, 2.75) is 58.5 Å². The van der Waals surface area contributed by atoms with Gasteiger partial charge in [-0.15, -0.1) is 0 Å². The molecule has 0 saturated carbocycles. The van der Waals surface area contributed by atoms with Gasteiger partial charge in [-0.3, -0.25) is 0 Å². The number of piperidine rings is 1. The van der Waals surface area contributed by atoms with Crippen LogP contribution in [0.3, 0.4) is 0 Å². The van der Waals surface area contributed by atoms with Crippen LogP contribution in [0.15, 0.2) is 0 Å². The van der Waals surface area contributed by atoms with Crippen molar-refractivity contribution < 1.29 is 14.7 Å². The van der Waals surface area contributed by atoms with Gasteiger partial charge in [0.25, 0.3) is 0 Å². The molecule has 0 aromatic rings. The van der Waals surface area contributed by atoms with Crippen LogP contribution in [0.2, 0.25) is 0 Å². The van der Waals surface area contributed by atoms with E-state index in [1.165, 1.54) is 4.90 Å². The summed E-state index contributed by atoms with van der Waals surface area (Å²) in [6, 6.07) is -0.648. The highest BCUT2D eigenvalue weighted by Gasteiger charge is 2.38. The molecule has 0 spiro atoms. The quantitative estimate of drug-likeness (QED) is 0.853. The van der Waals surface area contributed by atoms with Crippen molar-refractivity contribution in [3.63, 3.8) is 0 Å². The summed E-state index contributed by atoms with van der Waals surface area (Å²) in [5.74, 6) is -0.871. The SMILES string of the molecule is CCC(CC)N(C)C(=O)N1CCCC(C)C1C(=O)O. The van der Waals surface area contributed by atoms with Gasteiger partial charge in [-0.1, -0.05) is 20.8 Å². The number of likely N-dealkylation sites (tertiary alicyclic amines) is 1. The second-order valence-electron chi connectivity index (χ2n) is 5.46. The van der Waals surface area contributed by atoms with Crippen molar-refractivity contribution in [2.75, 3.05) is 13.6 Å². The number of rotatable bonds is 4. The van der Waals surface area contributed by atoms with Crippen LogP contribution in [-0.4, -0.2) is 52.6 Å². The van der Waals surface area contributed by atoms with E-state index in [0.717, 1.165) is 25.7 Å². The van der Waals surface area contributed by atoms with E-state index in [-0.39, 0.29) is 18.0 Å². The summed E-state index contributed by atoms with van der Waals surface area (Å²) in [7, 11) is 1.78. The van der Waals surface area contributed by atoms with Crippen LogP contribution in [-0.2, 0) is 4.79 Å². The summed E-state index contributed by atoms with van der Waals surface area (Å²) in [5, 5.41) is 9.35. The normalized spacial score (nSPS) is 23.5. The molecule has 1 aliphatic heterocycles. The van der Waals surface area contributed by atoms with Crippen LogP contribution in [0.5, 0.6) is 0 Å². The minimum absolute atomic E-state index is 0.0188. The molecular formula is C14H26N2O3. The van der Waals surface area contributed by atoms with Gasteiger partial charge < -0.3 is 14.9 Å². The fourth-order valence-electron chi connectivity index (χ4n) is 2.97. The summed E-state index contributed by atoms with van der Waals surface area (Å²) < 4.78 is 0. The van der Waals surface area contributed by atoms with Crippen LogP contribution in [0.1, 0.15) is 46.5 Å². The van der Waals surface area contributed by atoms with E-state index in [0.29, 0.717) is 6.54 Å². The fourth-order valence-corrected chi connectivity index (χ4v) is 2.97. The standard InChI is InChI=1S/C14H26N2O3/c1-5-11(6-2)15(4)14(19)16-9-7-8-10(3)12(16)13(17)18/h10-12H,5-9H2,1-4H3,(H,17,18). The topological polar surface area (TPSA) is 60.9 Å². The minimum atomic E-state index is -0.890. The summed E-state index contributed by atoms with van der Waals surface area (Å²) in [6.07, 6.45) is 3.53. The van der Waals surface area contributed by atoms with Gasteiger partial charge in [-0.05, 0) is 31.6 Å². The van der Waals surface area contributed by atoms with Crippen molar-refractivity contribution in [3.8, 4) is 0 Å². The largest absolute Gasteiger partial charge is 0.480 e. The number of aliphatic carboxylic acids is 1. The molecule has 1 heterocycles. The molecule has 5 nitrogen and oxygen atoms in total. The Morgan fingerprint density at radius 2 is 1.95 bits per heavy atom. The van der Waals surface area contributed by atoms with Crippen molar-refractivity contribution in [1.82, 2.24) is 9.80 Å². The zero-order chi connectivity index (χ0) is 14.6. The highest BCUT2D eigenvalue weighted by Crippen LogP contribution is 2.25. The van der Waals surface area contributed by atoms with Gasteiger partial charge >= 0.3 is 12.0 Å². The van der Waals surface area contributed by atoms with E-state index in [9.17, 15) is 14.7 Å². The van der Waals surface area contributed by atoms with Crippen LogP contribution in [0.25, 0.3) is 0 Å². The average molecular weight is 270 g/mol. The number of carbonyl (C=O) groups excluding carboxylic acids is 1. The lowest BCUT2D eigenvalue weighted by Gasteiger charge is -2.40. The summed E-state index contributed by atoms with van der Waals surface area (Å²) in [6.45, 7) is 6.55. The number of hydrogen-bond acceptors (Lipinski definition) is 2. The molecule has 110 valence electrons. The lowest BCUT2D eigenvalue weighted by molar-refractivity contribution is -0.145. The third-order valence-electron chi connectivity index (χ3n) is 4.22. The first-order valence-electron chi connectivity index (χ1n) is 7.20. The Kier molecular flexibility index (Phi) is 5.63. The van der Waals surface area contributed by atoms with E-state index in [1.807, 2.05) is 20.8 Å². The Morgan fingerprint density at radius 1 is 1.37 bits per heavy atom. The number of nitrogens with zero attached hydrogens (tertiary/aromatic N) is 2. The second kappa shape index (κ2) is 6.78. The van der Waals surface area contributed by atoms with Crippen LogP contribution >= 0.6 is 0 Å². The Balaban J connectivity index is 2.86. The number of carboxylic acid groups (broad SMARTS) is 1. The predicted octanol–water partition coefficient (Wildman–Crippen LogP) is 2.41. The maximum absolute atomic E-state index is 12.5. The van der Waals surface area contributed by atoms with Gasteiger partial charge in [0.05, 0.1) is 0 Å². The zero-order valence-electron chi connectivity index (χ0n) is 12.4. The number of carboxylic acids is 1. The average Bonchev–Trinajstić information content (AvgIpc) is 2.38. The van der Waals surface area contributed by atoms with E-state index in [2.05, 4.69) is 0 Å². The highest BCUT2D eigenvalue weighted by molar-refractivity contribution is 5.83. The summed E-state index contributed by atoms with van der Waals surface area (Å²) in [4.78, 5) is 27.1. The number of urea groups is 1. The van der Waals surface area contributed by atoms with Crippen LogP contribution in [0.4, 0.5) is 4.79 Å². The van der Waals surface area contributed by atoms with Gasteiger partial charge in [0.15, 0.2) is 0 Å². The van der Waals surface area contributed by atoms with Gasteiger partial charge in [-0.25, -0.2) is 9.59 Å². The third-order valence-corrected chi connectivity index (χ3v) is 4.22. The molecule has 2 amide bonds. The first kappa shape index (κ1) is 15.8. The minimum Gasteiger partial charge on any atom is -0.480 e. The van der Waals surface area contributed by atoms with Crippen LogP contribution in [0, 0.1) is 5.92 Å². The lowest BCUT2D eigenvalue weighted by Crippen LogP contribution is -2.56. The Morgan fingerprint density at radius 3 is 2.42 bits per heavy atom.